The zero-order valence-electron chi connectivity index (χ0n) is 14.8. The van der Waals surface area contributed by atoms with E-state index in [0.29, 0.717) is 17.2 Å². The van der Waals surface area contributed by atoms with Crippen molar-refractivity contribution < 1.29 is 14.6 Å². The van der Waals surface area contributed by atoms with E-state index < -0.39 is 17.2 Å². The minimum absolute atomic E-state index is 0.0683. The van der Waals surface area contributed by atoms with Crippen LogP contribution in [0.3, 0.4) is 0 Å². The molecule has 0 amide bonds. The first kappa shape index (κ1) is 19.5. The highest BCUT2D eigenvalue weighted by molar-refractivity contribution is 6.30. The van der Waals surface area contributed by atoms with Crippen molar-refractivity contribution in [1.82, 2.24) is 4.57 Å². The molecule has 2 aromatic rings. The number of ketones is 1. The molecule has 6 nitrogen and oxygen atoms in total. The third-order valence-electron chi connectivity index (χ3n) is 4.02. The summed E-state index contributed by atoms with van der Waals surface area (Å²) in [5.41, 5.74) is 0.0996. The lowest BCUT2D eigenvalue weighted by atomic mass is 10.0. The second-order valence-electron chi connectivity index (χ2n) is 5.89. The van der Waals surface area contributed by atoms with Gasteiger partial charge in [0.2, 0.25) is 11.7 Å². The SMILES string of the molecule is CCCn1c(O)c(C(=O)COc2ccc(Cl)cc2C)c(C)c(C#N)c1=O. The van der Waals surface area contributed by atoms with E-state index in [9.17, 15) is 20.0 Å². The largest absolute Gasteiger partial charge is 0.494 e. The van der Waals surface area contributed by atoms with Gasteiger partial charge in [0.1, 0.15) is 17.4 Å². The number of ether oxygens (including phenoxy) is 1. The summed E-state index contributed by atoms with van der Waals surface area (Å²) in [7, 11) is 0. The van der Waals surface area contributed by atoms with Gasteiger partial charge in [0, 0.05) is 11.6 Å². The van der Waals surface area contributed by atoms with Gasteiger partial charge in [-0.15, -0.1) is 0 Å². The lowest BCUT2D eigenvalue weighted by molar-refractivity contribution is 0.0916. The molecule has 0 aliphatic heterocycles. The van der Waals surface area contributed by atoms with Crippen LogP contribution in [-0.2, 0) is 6.54 Å². The molecule has 0 bridgehead atoms. The van der Waals surface area contributed by atoms with Crippen LogP contribution in [0.4, 0.5) is 0 Å². The molecule has 7 heteroatoms. The summed E-state index contributed by atoms with van der Waals surface area (Å²) in [4.78, 5) is 24.9. The van der Waals surface area contributed by atoms with Gasteiger partial charge in [-0.2, -0.15) is 5.26 Å². The average molecular weight is 375 g/mol. The van der Waals surface area contributed by atoms with Gasteiger partial charge >= 0.3 is 0 Å². The predicted octanol–water partition coefficient (Wildman–Crippen LogP) is 3.37. The lowest BCUT2D eigenvalue weighted by Crippen LogP contribution is -2.27. The highest BCUT2D eigenvalue weighted by Crippen LogP contribution is 2.25. The number of aryl methyl sites for hydroxylation is 1. The van der Waals surface area contributed by atoms with Crippen molar-refractivity contribution in [2.45, 2.75) is 33.7 Å². The van der Waals surface area contributed by atoms with Crippen LogP contribution in [0.5, 0.6) is 11.6 Å². The van der Waals surface area contributed by atoms with E-state index in [4.69, 9.17) is 16.3 Å². The summed E-state index contributed by atoms with van der Waals surface area (Å²) in [6.07, 6.45) is 0.565. The third-order valence-corrected chi connectivity index (χ3v) is 4.26. The van der Waals surface area contributed by atoms with Gasteiger partial charge in [0.25, 0.3) is 5.56 Å². The Balaban J connectivity index is 2.40. The fraction of sp³-hybridized carbons (Fsp3) is 0.316. The number of carbonyl (C=O) groups is 1. The van der Waals surface area contributed by atoms with Gasteiger partial charge in [0.15, 0.2) is 6.61 Å². The van der Waals surface area contributed by atoms with Crippen LogP contribution in [0.1, 0.15) is 40.4 Å². The molecular formula is C19H19ClN2O4. The molecule has 0 saturated heterocycles. The molecule has 1 aromatic heterocycles. The van der Waals surface area contributed by atoms with Gasteiger partial charge in [-0.05, 0) is 49.6 Å². The molecule has 1 N–H and O–H groups in total. The normalized spacial score (nSPS) is 10.4. The monoisotopic (exact) mass is 374 g/mol. The zero-order chi connectivity index (χ0) is 19.4. The van der Waals surface area contributed by atoms with Gasteiger partial charge in [-0.25, -0.2) is 0 Å². The number of Topliss-reactive ketones (excluding diaryl/α,β-unsaturated/α-hetero) is 1. The van der Waals surface area contributed by atoms with E-state index in [1.807, 2.05) is 13.0 Å². The van der Waals surface area contributed by atoms with Crippen molar-refractivity contribution in [3.63, 3.8) is 0 Å². The standard InChI is InChI=1S/C19H19ClN2O4/c1-4-7-22-18(24)14(9-21)12(3)17(19(22)25)15(23)10-26-16-6-5-13(20)8-11(16)2/h5-6,8,25H,4,7,10H2,1-3H3. The molecule has 0 fully saturated rings. The van der Waals surface area contributed by atoms with Crippen molar-refractivity contribution in [2.75, 3.05) is 6.61 Å². The van der Waals surface area contributed by atoms with Gasteiger partial charge in [-0.3, -0.25) is 14.2 Å². The van der Waals surface area contributed by atoms with Crippen molar-refractivity contribution in [2.24, 2.45) is 0 Å². The molecular weight excluding hydrogens is 356 g/mol. The Morgan fingerprint density at radius 1 is 1.38 bits per heavy atom. The number of halogens is 1. The Labute approximate surface area is 156 Å². The first-order valence-corrected chi connectivity index (χ1v) is 8.48. The number of hydrogen-bond donors (Lipinski definition) is 1. The van der Waals surface area contributed by atoms with Crippen LogP contribution in [0.15, 0.2) is 23.0 Å². The van der Waals surface area contributed by atoms with Crippen molar-refractivity contribution >= 4 is 17.4 Å². The molecule has 2 rings (SSSR count). The average Bonchev–Trinajstić information content (AvgIpc) is 2.58. The van der Waals surface area contributed by atoms with Gasteiger partial charge < -0.3 is 9.84 Å². The number of nitriles is 1. The minimum Gasteiger partial charge on any atom is -0.494 e. The predicted molar refractivity (Wildman–Crippen MR) is 98.1 cm³/mol. The summed E-state index contributed by atoms with van der Waals surface area (Å²) in [5, 5.41) is 20.2. The highest BCUT2D eigenvalue weighted by atomic mass is 35.5. The maximum atomic E-state index is 12.6. The molecule has 1 aromatic carbocycles. The highest BCUT2D eigenvalue weighted by Gasteiger charge is 2.24. The van der Waals surface area contributed by atoms with Gasteiger partial charge in [-0.1, -0.05) is 18.5 Å². The fourth-order valence-corrected chi connectivity index (χ4v) is 2.93. The second kappa shape index (κ2) is 8.07. The zero-order valence-corrected chi connectivity index (χ0v) is 15.6. The van der Waals surface area contributed by atoms with Crippen LogP contribution < -0.4 is 10.3 Å². The quantitative estimate of drug-likeness (QED) is 0.782. The first-order chi connectivity index (χ1) is 12.3. The Bertz CT molecular complexity index is 957. The number of hydrogen-bond acceptors (Lipinski definition) is 5. The Morgan fingerprint density at radius 3 is 2.65 bits per heavy atom. The minimum atomic E-state index is -0.602. The summed E-state index contributed by atoms with van der Waals surface area (Å²) < 4.78 is 6.58. The topological polar surface area (TPSA) is 92.3 Å². The smallest absolute Gasteiger partial charge is 0.271 e. The van der Waals surface area contributed by atoms with Crippen LogP contribution in [0, 0.1) is 25.2 Å². The number of aromatic nitrogens is 1. The number of aromatic hydroxyl groups is 1. The summed E-state index contributed by atoms with van der Waals surface area (Å²) in [6, 6.07) is 6.82. The first-order valence-electron chi connectivity index (χ1n) is 8.10. The van der Waals surface area contributed by atoms with Crippen LogP contribution in [0.2, 0.25) is 5.02 Å². The molecule has 0 radical (unpaired) electrons. The molecule has 0 atom stereocenters. The summed E-state index contributed by atoms with van der Waals surface area (Å²) >= 11 is 5.89. The molecule has 0 spiro atoms. The Hall–Kier alpha value is -2.78. The van der Waals surface area contributed by atoms with Crippen LogP contribution in [0.25, 0.3) is 0 Å². The van der Waals surface area contributed by atoms with E-state index in [-0.39, 0.29) is 29.8 Å². The van der Waals surface area contributed by atoms with E-state index in [1.54, 1.807) is 25.1 Å². The number of benzene rings is 1. The molecule has 0 aliphatic carbocycles. The third kappa shape index (κ3) is 3.73. The van der Waals surface area contributed by atoms with Gasteiger partial charge in [0.05, 0.1) is 5.56 Å². The Kier molecular flexibility index (Phi) is 6.06. The van der Waals surface area contributed by atoms with E-state index in [2.05, 4.69) is 0 Å². The maximum absolute atomic E-state index is 12.6. The van der Waals surface area contributed by atoms with Crippen molar-refractivity contribution in [1.29, 1.82) is 5.26 Å². The molecule has 0 aliphatic rings. The summed E-state index contributed by atoms with van der Waals surface area (Å²) in [6.45, 7) is 4.95. The van der Waals surface area contributed by atoms with E-state index in [1.165, 1.54) is 6.92 Å². The maximum Gasteiger partial charge on any atom is 0.271 e. The molecule has 0 saturated carbocycles. The molecule has 136 valence electrons. The number of rotatable bonds is 6. The van der Waals surface area contributed by atoms with Crippen molar-refractivity contribution in [3.05, 3.63) is 55.8 Å². The molecule has 0 unspecified atom stereocenters. The molecule has 1 heterocycles. The van der Waals surface area contributed by atoms with E-state index >= 15 is 0 Å². The molecule has 26 heavy (non-hydrogen) atoms. The van der Waals surface area contributed by atoms with E-state index in [0.717, 1.165) is 10.1 Å². The number of pyridine rings is 1. The fourth-order valence-electron chi connectivity index (χ4n) is 2.71. The number of nitrogens with zero attached hydrogens (tertiary/aromatic N) is 2. The van der Waals surface area contributed by atoms with Crippen LogP contribution in [-0.4, -0.2) is 22.1 Å². The lowest BCUT2D eigenvalue weighted by Gasteiger charge is -2.15. The summed E-state index contributed by atoms with van der Waals surface area (Å²) in [5.74, 6) is -0.465. The Morgan fingerprint density at radius 2 is 2.08 bits per heavy atom. The van der Waals surface area contributed by atoms with Crippen molar-refractivity contribution in [3.8, 4) is 17.7 Å². The second-order valence-corrected chi connectivity index (χ2v) is 6.33. The number of carbonyl (C=O) groups excluding carboxylic acids is 1. The van der Waals surface area contributed by atoms with Crippen LogP contribution >= 0.6 is 11.6 Å².